The summed E-state index contributed by atoms with van der Waals surface area (Å²) in [6, 6.07) is 6.71. The van der Waals surface area contributed by atoms with Gasteiger partial charge in [-0.15, -0.1) is 0 Å². The van der Waals surface area contributed by atoms with Crippen molar-refractivity contribution in [2.24, 2.45) is 0 Å². The molecule has 0 aliphatic rings. The third-order valence-electron chi connectivity index (χ3n) is 3.09. The molecule has 6 heteroatoms. The van der Waals surface area contributed by atoms with E-state index in [1.165, 1.54) is 6.26 Å². The van der Waals surface area contributed by atoms with E-state index in [0.29, 0.717) is 11.7 Å². The predicted octanol–water partition coefficient (Wildman–Crippen LogP) is 2.29. The lowest BCUT2D eigenvalue weighted by atomic mass is 10.2. The van der Waals surface area contributed by atoms with Gasteiger partial charge in [-0.1, -0.05) is 19.1 Å². The molecule has 1 heterocycles. The van der Waals surface area contributed by atoms with E-state index in [1.807, 2.05) is 6.07 Å². The average Bonchev–Trinajstić information content (AvgIpc) is 2.92. The van der Waals surface area contributed by atoms with Crippen LogP contribution in [-0.4, -0.2) is 32.7 Å². The number of nitrogens with one attached hydrogen (secondary N) is 1. The first kappa shape index (κ1) is 15.7. The van der Waals surface area contributed by atoms with Gasteiger partial charge in [-0.2, -0.15) is 0 Å². The van der Waals surface area contributed by atoms with Gasteiger partial charge in [0.05, 0.1) is 11.1 Å². The van der Waals surface area contributed by atoms with Gasteiger partial charge >= 0.3 is 0 Å². The van der Waals surface area contributed by atoms with Gasteiger partial charge in [0.2, 0.25) is 0 Å². The number of benzene rings is 1. The topological polar surface area (TPSA) is 72.2 Å². The van der Waals surface area contributed by atoms with Crippen molar-refractivity contribution in [3.8, 4) is 11.3 Å². The molecule has 1 aromatic heterocycles. The van der Waals surface area contributed by atoms with E-state index in [9.17, 15) is 8.42 Å². The second-order valence-corrected chi connectivity index (χ2v) is 6.89. The Bertz CT molecular complexity index is 692. The largest absolute Gasteiger partial charge is 0.441 e. The molecule has 114 valence electrons. The maximum atomic E-state index is 11.6. The molecule has 1 N–H and O–H groups in total. The third kappa shape index (κ3) is 4.41. The Morgan fingerprint density at radius 2 is 2.14 bits per heavy atom. The molecule has 0 aliphatic heterocycles. The second kappa shape index (κ2) is 6.87. The van der Waals surface area contributed by atoms with E-state index in [-0.39, 0.29) is 4.90 Å². The standard InChI is InChI=1S/C15H20N2O3S/c1-3-16-9-5-8-15-17-11-14(20-15)12-6-4-7-13(10-12)21(2,18)19/h4,6-7,10-11,16H,3,5,8-9H2,1-2H3. The fourth-order valence-electron chi connectivity index (χ4n) is 1.98. The lowest BCUT2D eigenvalue weighted by Gasteiger charge is -2.01. The van der Waals surface area contributed by atoms with Crippen molar-refractivity contribution in [2.45, 2.75) is 24.7 Å². The van der Waals surface area contributed by atoms with E-state index >= 15 is 0 Å². The van der Waals surface area contributed by atoms with Crippen molar-refractivity contribution in [1.29, 1.82) is 0 Å². The van der Waals surface area contributed by atoms with Crippen molar-refractivity contribution in [2.75, 3.05) is 19.3 Å². The van der Waals surface area contributed by atoms with Crippen LogP contribution in [0.4, 0.5) is 0 Å². The van der Waals surface area contributed by atoms with Crippen LogP contribution in [0, 0.1) is 0 Å². The van der Waals surface area contributed by atoms with Crippen LogP contribution in [0.2, 0.25) is 0 Å². The van der Waals surface area contributed by atoms with Gasteiger partial charge in [0.25, 0.3) is 0 Å². The second-order valence-electron chi connectivity index (χ2n) is 4.88. The van der Waals surface area contributed by atoms with E-state index in [4.69, 9.17) is 4.42 Å². The highest BCUT2D eigenvalue weighted by Crippen LogP contribution is 2.23. The Hall–Kier alpha value is -1.66. The van der Waals surface area contributed by atoms with Crippen LogP contribution in [0.5, 0.6) is 0 Å². The molecule has 0 aliphatic carbocycles. The van der Waals surface area contributed by atoms with E-state index < -0.39 is 9.84 Å². The smallest absolute Gasteiger partial charge is 0.194 e. The van der Waals surface area contributed by atoms with Gasteiger partial charge in [-0.3, -0.25) is 0 Å². The zero-order valence-electron chi connectivity index (χ0n) is 12.3. The Morgan fingerprint density at radius 1 is 1.33 bits per heavy atom. The minimum atomic E-state index is -3.22. The number of hydrogen-bond donors (Lipinski definition) is 1. The first-order valence-electron chi connectivity index (χ1n) is 6.96. The molecular weight excluding hydrogens is 288 g/mol. The molecule has 0 saturated carbocycles. The summed E-state index contributed by atoms with van der Waals surface area (Å²) in [6.45, 7) is 3.95. The van der Waals surface area contributed by atoms with Crippen LogP contribution in [0.1, 0.15) is 19.2 Å². The molecule has 0 radical (unpaired) electrons. The SMILES string of the molecule is CCNCCCc1ncc(-c2cccc(S(C)(=O)=O)c2)o1. The van der Waals surface area contributed by atoms with Crippen molar-refractivity contribution in [3.63, 3.8) is 0 Å². The molecule has 5 nitrogen and oxygen atoms in total. The number of sulfone groups is 1. The number of rotatable bonds is 7. The minimum absolute atomic E-state index is 0.282. The zero-order chi connectivity index (χ0) is 15.3. The lowest BCUT2D eigenvalue weighted by molar-refractivity contribution is 0.493. The monoisotopic (exact) mass is 308 g/mol. The van der Waals surface area contributed by atoms with Crippen LogP contribution < -0.4 is 5.32 Å². The summed E-state index contributed by atoms with van der Waals surface area (Å²) in [5.74, 6) is 1.27. The summed E-state index contributed by atoms with van der Waals surface area (Å²) < 4.78 is 28.8. The molecule has 21 heavy (non-hydrogen) atoms. The molecule has 0 spiro atoms. The third-order valence-corrected chi connectivity index (χ3v) is 4.20. The number of aromatic nitrogens is 1. The molecule has 0 amide bonds. The summed E-state index contributed by atoms with van der Waals surface area (Å²) in [4.78, 5) is 4.52. The van der Waals surface area contributed by atoms with Crippen molar-refractivity contribution >= 4 is 9.84 Å². The van der Waals surface area contributed by atoms with Crippen molar-refractivity contribution < 1.29 is 12.8 Å². The van der Waals surface area contributed by atoms with Crippen molar-refractivity contribution in [3.05, 3.63) is 36.4 Å². The van der Waals surface area contributed by atoms with E-state index in [1.54, 1.807) is 24.4 Å². The maximum Gasteiger partial charge on any atom is 0.194 e. The number of oxazole rings is 1. The van der Waals surface area contributed by atoms with Gasteiger partial charge in [-0.05, 0) is 31.6 Å². The van der Waals surface area contributed by atoms with Crippen LogP contribution in [0.25, 0.3) is 11.3 Å². The van der Waals surface area contributed by atoms with Crippen LogP contribution in [0.3, 0.4) is 0 Å². The number of nitrogens with zero attached hydrogens (tertiary/aromatic N) is 1. The first-order valence-corrected chi connectivity index (χ1v) is 8.85. The molecule has 2 aromatic rings. The van der Waals surface area contributed by atoms with Gasteiger partial charge < -0.3 is 9.73 Å². The normalized spacial score (nSPS) is 11.7. The van der Waals surface area contributed by atoms with Gasteiger partial charge in [0, 0.05) is 18.2 Å². The number of hydrogen-bond acceptors (Lipinski definition) is 5. The minimum Gasteiger partial charge on any atom is -0.441 e. The summed E-state index contributed by atoms with van der Waals surface area (Å²) in [5.41, 5.74) is 0.725. The Balaban J connectivity index is 2.11. The predicted molar refractivity (Wildman–Crippen MR) is 81.9 cm³/mol. The Kier molecular flexibility index (Phi) is 5.14. The quantitative estimate of drug-likeness (QED) is 0.795. The van der Waals surface area contributed by atoms with Gasteiger partial charge in [0.15, 0.2) is 21.5 Å². The Morgan fingerprint density at radius 3 is 2.86 bits per heavy atom. The van der Waals surface area contributed by atoms with Gasteiger partial charge in [0.1, 0.15) is 0 Å². The molecule has 0 bridgehead atoms. The molecule has 0 fully saturated rings. The Labute approximate surface area is 125 Å². The molecule has 0 unspecified atom stereocenters. The molecule has 2 rings (SSSR count). The fraction of sp³-hybridized carbons (Fsp3) is 0.400. The summed E-state index contributed by atoms with van der Waals surface area (Å²) in [5, 5.41) is 3.24. The van der Waals surface area contributed by atoms with Crippen LogP contribution >= 0.6 is 0 Å². The first-order chi connectivity index (χ1) is 10.0. The highest BCUT2D eigenvalue weighted by atomic mass is 32.2. The van der Waals surface area contributed by atoms with Gasteiger partial charge in [-0.25, -0.2) is 13.4 Å². The van der Waals surface area contributed by atoms with E-state index in [2.05, 4.69) is 17.2 Å². The zero-order valence-corrected chi connectivity index (χ0v) is 13.1. The molecular formula is C15H20N2O3S. The summed E-state index contributed by atoms with van der Waals surface area (Å²) in [7, 11) is -3.22. The average molecular weight is 308 g/mol. The molecule has 0 atom stereocenters. The molecule has 1 aromatic carbocycles. The van der Waals surface area contributed by atoms with Crippen molar-refractivity contribution in [1.82, 2.24) is 10.3 Å². The number of aryl methyl sites for hydroxylation is 1. The van der Waals surface area contributed by atoms with Crippen LogP contribution in [-0.2, 0) is 16.3 Å². The van der Waals surface area contributed by atoms with E-state index in [0.717, 1.165) is 31.5 Å². The fourth-order valence-corrected chi connectivity index (χ4v) is 2.65. The maximum absolute atomic E-state index is 11.6. The highest BCUT2D eigenvalue weighted by molar-refractivity contribution is 7.90. The molecule has 0 saturated heterocycles. The lowest BCUT2D eigenvalue weighted by Crippen LogP contribution is -2.14. The van der Waals surface area contributed by atoms with Crippen LogP contribution in [0.15, 0.2) is 39.8 Å². The summed E-state index contributed by atoms with van der Waals surface area (Å²) in [6.07, 6.45) is 4.55. The highest BCUT2D eigenvalue weighted by Gasteiger charge is 2.11. The summed E-state index contributed by atoms with van der Waals surface area (Å²) >= 11 is 0.